The average molecular weight is 445 g/mol. The highest BCUT2D eigenvalue weighted by Gasteiger charge is 2.29. The van der Waals surface area contributed by atoms with Gasteiger partial charge in [-0.3, -0.25) is 0 Å². The lowest BCUT2D eigenvalue weighted by atomic mass is 9.71. The van der Waals surface area contributed by atoms with Crippen molar-refractivity contribution in [3.05, 3.63) is 41.5 Å². The molecule has 1 aromatic rings. The lowest BCUT2D eigenvalue weighted by molar-refractivity contribution is 0.191. The molecule has 3 aliphatic carbocycles. The van der Waals surface area contributed by atoms with Gasteiger partial charge < -0.3 is 4.74 Å². The van der Waals surface area contributed by atoms with Crippen molar-refractivity contribution in [2.45, 2.75) is 96.8 Å². The van der Waals surface area contributed by atoms with Crippen molar-refractivity contribution >= 4 is 0 Å². The Morgan fingerprint density at radius 3 is 2.25 bits per heavy atom. The molecule has 2 saturated carbocycles. The van der Waals surface area contributed by atoms with Crippen LogP contribution in [0.3, 0.4) is 0 Å². The molecule has 4 rings (SSSR count). The Hall–Kier alpha value is -1.38. The SMILES string of the molecule is CCCC1CCC(C2C=CC(COc3ccc(C4CCC(C)CC4)c(F)c3F)CC2)CC1. The lowest BCUT2D eigenvalue weighted by Gasteiger charge is -2.35. The second kappa shape index (κ2) is 11.2. The summed E-state index contributed by atoms with van der Waals surface area (Å²) in [7, 11) is 0. The van der Waals surface area contributed by atoms with Gasteiger partial charge in [-0.05, 0) is 79.7 Å². The molecule has 32 heavy (non-hydrogen) atoms. The van der Waals surface area contributed by atoms with E-state index in [0.717, 1.165) is 43.9 Å². The number of halogens is 2. The van der Waals surface area contributed by atoms with Crippen molar-refractivity contribution in [3.8, 4) is 5.75 Å². The van der Waals surface area contributed by atoms with Gasteiger partial charge in [0.2, 0.25) is 5.82 Å². The quantitative estimate of drug-likeness (QED) is 0.382. The summed E-state index contributed by atoms with van der Waals surface area (Å²) >= 11 is 0. The number of hydrogen-bond acceptors (Lipinski definition) is 1. The standard InChI is InChI=1S/C29H42F2O/c1-3-4-21-7-13-23(14-8-21)24-15-9-22(10-16-24)19-32-27-18-17-26(28(30)29(27)31)25-11-5-20(2)6-12-25/h9,15,17-18,20-25H,3-8,10-14,16,19H2,1-2H3. The van der Waals surface area contributed by atoms with Crippen LogP contribution in [0, 0.1) is 41.2 Å². The summed E-state index contributed by atoms with van der Waals surface area (Å²) in [6, 6.07) is 3.41. The molecule has 0 amide bonds. The van der Waals surface area contributed by atoms with Crippen LogP contribution in [0.5, 0.6) is 5.75 Å². The van der Waals surface area contributed by atoms with E-state index < -0.39 is 11.6 Å². The van der Waals surface area contributed by atoms with Gasteiger partial charge in [0.25, 0.3) is 0 Å². The zero-order valence-electron chi connectivity index (χ0n) is 20.1. The fourth-order valence-electron chi connectivity index (χ4n) is 6.49. The van der Waals surface area contributed by atoms with E-state index in [9.17, 15) is 8.78 Å². The molecule has 0 aliphatic heterocycles. The number of hydrogen-bond donors (Lipinski definition) is 0. The van der Waals surface area contributed by atoms with Gasteiger partial charge in [0.1, 0.15) is 0 Å². The molecule has 1 aromatic carbocycles. The molecule has 3 heteroatoms. The molecule has 0 heterocycles. The first-order valence-electron chi connectivity index (χ1n) is 13.3. The molecule has 0 radical (unpaired) electrons. The van der Waals surface area contributed by atoms with Crippen LogP contribution in [0.15, 0.2) is 24.3 Å². The number of rotatable bonds is 7. The summed E-state index contributed by atoms with van der Waals surface area (Å²) in [5, 5.41) is 0. The highest BCUT2D eigenvalue weighted by Crippen LogP contribution is 2.41. The third kappa shape index (κ3) is 5.75. The summed E-state index contributed by atoms with van der Waals surface area (Å²) in [5.41, 5.74) is 0.538. The Morgan fingerprint density at radius 2 is 1.59 bits per heavy atom. The molecule has 178 valence electrons. The topological polar surface area (TPSA) is 9.23 Å². The van der Waals surface area contributed by atoms with Crippen LogP contribution in [0.2, 0.25) is 0 Å². The van der Waals surface area contributed by atoms with Crippen molar-refractivity contribution in [1.29, 1.82) is 0 Å². The fraction of sp³-hybridized carbons (Fsp3) is 0.724. The van der Waals surface area contributed by atoms with Crippen LogP contribution >= 0.6 is 0 Å². The molecule has 3 aliphatic rings. The molecule has 1 nitrogen and oxygen atoms in total. The van der Waals surface area contributed by atoms with Gasteiger partial charge >= 0.3 is 0 Å². The van der Waals surface area contributed by atoms with Crippen molar-refractivity contribution in [2.75, 3.05) is 6.61 Å². The number of allylic oxidation sites excluding steroid dienone is 1. The molecule has 2 fully saturated rings. The Bertz CT molecular complexity index is 757. The van der Waals surface area contributed by atoms with E-state index in [2.05, 4.69) is 26.0 Å². The predicted molar refractivity (Wildman–Crippen MR) is 128 cm³/mol. The van der Waals surface area contributed by atoms with Gasteiger partial charge in [-0.25, -0.2) is 4.39 Å². The molecule has 0 bridgehead atoms. The normalized spacial score (nSPS) is 33.2. The third-order valence-electron chi connectivity index (χ3n) is 8.68. The maximum atomic E-state index is 14.8. The molecular formula is C29H42F2O. The molecule has 0 aromatic heterocycles. The maximum Gasteiger partial charge on any atom is 0.200 e. The van der Waals surface area contributed by atoms with Crippen LogP contribution in [-0.4, -0.2) is 6.61 Å². The summed E-state index contributed by atoms with van der Waals surface area (Å²) in [6.45, 7) is 4.97. The largest absolute Gasteiger partial charge is 0.490 e. The highest BCUT2D eigenvalue weighted by molar-refractivity contribution is 5.33. The van der Waals surface area contributed by atoms with Crippen LogP contribution in [0.1, 0.15) is 102 Å². The Morgan fingerprint density at radius 1 is 0.844 bits per heavy atom. The van der Waals surface area contributed by atoms with E-state index in [0.29, 0.717) is 29.9 Å². The molecule has 0 N–H and O–H groups in total. The van der Waals surface area contributed by atoms with Crippen LogP contribution in [0.25, 0.3) is 0 Å². The van der Waals surface area contributed by atoms with Gasteiger partial charge in [0.05, 0.1) is 6.61 Å². The zero-order valence-corrected chi connectivity index (χ0v) is 20.1. The Balaban J connectivity index is 1.27. The first kappa shape index (κ1) is 23.8. The summed E-state index contributed by atoms with van der Waals surface area (Å²) in [5.74, 6) is 2.19. The predicted octanol–water partition coefficient (Wildman–Crippen LogP) is 8.83. The minimum atomic E-state index is -0.803. The molecule has 0 spiro atoms. The van der Waals surface area contributed by atoms with Gasteiger partial charge in [-0.2, -0.15) is 4.39 Å². The first-order chi connectivity index (χ1) is 15.5. The van der Waals surface area contributed by atoms with E-state index in [-0.39, 0.29) is 11.7 Å². The Labute approximate surface area is 194 Å². The minimum Gasteiger partial charge on any atom is -0.490 e. The van der Waals surface area contributed by atoms with E-state index in [1.54, 1.807) is 12.1 Å². The van der Waals surface area contributed by atoms with Crippen molar-refractivity contribution in [1.82, 2.24) is 0 Å². The summed E-state index contributed by atoms with van der Waals surface area (Å²) in [6.07, 6.45) is 19.3. The van der Waals surface area contributed by atoms with Gasteiger partial charge in [0, 0.05) is 5.92 Å². The first-order valence-corrected chi connectivity index (χ1v) is 13.3. The molecular weight excluding hydrogens is 402 g/mol. The third-order valence-corrected chi connectivity index (χ3v) is 8.68. The molecule has 0 saturated heterocycles. The van der Waals surface area contributed by atoms with E-state index >= 15 is 0 Å². The second-order valence-corrected chi connectivity index (χ2v) is 11.0. The van der Waals surface area contributed by atoms with Crippen LogP contribution in [0.4, 0.5) is 8.78 Å². The smallest absolute Gasteiger partial charge is 0.200 e. The van der Waals surface area contributed by atoms with Gasteiger partial charge in [0.15, 0.2) is 11.6 Å². The van der Waals surface area contributed by atoms with Crippen molar-refractivity contribution in [3.63, 3.8) is 0 Å². The number of ether oxygens (including phenoxy) is 1. The van der Waals surface area contributed by atoms with Crippen LogP contribution < -0.4 is 4.74 Å². The minimum absolute atomic E-state index is 0.0696. The summed E-state index contributed by atoms with van der Waals surface area (Å²) < 4.78 is 35.3. The number of benzene rings is 1. The maximum absolute atomic E-state index is 14.8. The van der Waals surface area contributed by atoms with Crippen molar-refractivity contribution in [2.24, 2.45) is 29.6 Å². The fourth-order valence-corrected chi connectivity index (χ4v) is 6.49. The summed E-state index contributed by atoms with van der Waals surface area (Å²) in [4.78, 5) is 0. The van der Waals surface area contributed by atoms with E-state index in [1.165, 1.54) is 44.9 Å². The average Bonchev–Trinajstić information content (AvgIpc) is 2.82. The van der Waals surface area contributed by atoms with Crippen molar-refractivity contribution < 1.29 is 13.5 Å². The molecule has 2 unspecified atom stereocenters. The monoisotopic (exact) mass is 444 g/mol. The second-order valence-electron chi connectivity index (χ2n) is 11.0. The highest BCUT2D eigenvalue weighted by atomic mass is 19.2. The van der Waals surface area contributed by atoms with Gasteiger partial charge in [-0.15, -0.1) is 0 Å². The van der Waals surface area contributed by atoms with Gasteiger partial charge in [-0.1, -0.05) is 70.6 Å². The zero-order chi connectivity index (χ0) is 22.5. The van der Waals surface area contributed by atoms with E-state index in [4.69, 9.17) is 4.74 Å². The van der Waals surface area contributed by atoms with E-state index in [1.807, 2.05) is 0 Å². The Kier molecular flexibility index (Phi) is 8.29. The van der Waals surface area contributed by atoms with Crippen LogP contribution in [-0.2, 0) is 0 Å². The lowest BCUT2D eigenvalue weighted by Crippen LogP contribution is -2.24. The molecule has 2 atom stereocenters.